The van der Waals surface area contributed by atoms with Crippen molar-refractivity contribution in [2.24, 2.45) is 5.92 Å². The number of hydrogen-bond donors (Lipinski definition) is 1. The Bertz CT molecular complexity index is 876. The minimum absolute atomic E-state index is 0.113. The van der Waals surface area contributed by atoms with E-state index in [4.69, 9.17) is 4.42 Å². The van der Waals surface area contributed by atoms with E-state index in [-0.39, 0.29) is 23.4 Å². The molecule has 1 aliphatic heterocycles. The molecule has 8 heteroatoms. The van der Waals surface area contributed by atoms with Crippen LogP contribution >= 0.6 is 0 Å². The van der Waals surface area contributed by atoms with Crippen molar-refractivity contribution in [3.63, 3.8) is 0 Å². The zero-order chi connectivity index (χ0) is 19.2. The second-order valence-electron chi connectivity index (χ2n) is 7.52. The minimum Gasteiger partial charge on any atom is -0.422 e. The molecule has 1 aliphatic carbocycles. The molecule has 2 atom stereocenters. The second kappa shape index (κ2) is 6.44. The first-order valence-corrected chi connectivity index (χ1v) is 9.31. The first kappa shape index (κ1) is 17.6. The van der Waals surface area contributed by atoms with Gasteiger partial charge in [-0.15, -0.1) is 10.2 Å². The van der Waals surface area contributed by atoms with Gasteiger partial charge in [0.15, 0.2) is 0 Å². The molecule has 2 fully saturated rings. The van der Waals surface area contributed by atoms with Crippen LogP contribution < -0.4 is 5.32 Å². The standard InChI is InChI=1S/C19H23N5O3/c1-11(2)16-22-23-18(27-16)19-8-6-13(19)7-9-24(19)17(26)12-4-5-14(21-10-12)15(25)20-3/h4-5,10-11,13H,6-9H2,1-3H3,(H,20,25)/t13-,19-/m0/s1. The maximum absolute atomic E-state index is 13.2. The van der Waals surface area contributed by atoms with E-state index in [1.807, 2.05) is 18.7 Å². The lowest BCUT2D eigenvalue weighted by molar-refractivity contribution is -0.00375. The third-order valence-corrected chi connectivity index (χ3v) is 5.75. The van der Waals surface area contributed by atoms with Crippen LogP contribution in [-0.4, -0.2) is 45.5 Å². The molecule has 142 valence electrons. The van der Waals surface area contributed by atoms with Gasteiger partial charge in [0, 0.05) is 25.7 Å². The van der Waals surface area contributed by atoms with Gasteiger partial charge in [0.05, 0.1) is 5.56 Å². The Balaban J connectivity index is 1.64. The van der Waals surface area contributed by atoms with E-state index in [1.54, 1.807) is 19.2 Å². The number of nitrogens with one attached hydrogen (secondary N) is 1. The molecule has 1 saturated heterocycles. The summed E-state index contributed by atoms with van der Waals surface area (Å²) in [5.74, 6) is 1.24. The number of pyridine rings is 1. The molecular formula is C19H23N5O3. The van der Waals surface area contributed by atoms with Crippen molar-refractivity contribution in [3.8, 4) is 0 Å². The van der Waals surface area contributed by atoms with E-state index in [2.05, 4.69) is 20.5 Å². The predicted molar refractivity (Wildman–Crippen MR) is 96.1 cm³/mol. The molecule has 2 amide bonds. The first-order valence-electron chi connectivity index (χ1n) is 9.31. The largest absolute Gasteiger partial charge is 0.422 e. The summed E-state index contributed by atoms with van der Waals surface area (Å²) in [6, 6.07) is 3.21. The van der Waals surface area contributed by atoms with Gasteiger partial charge >= 0.3 is 0 Å². The fraction of sp³-hybridized carbons (Fsp3) is 0.526. The lowest BCUT2D eigenvalue weighted by Crippen LogP contribution is -2.54. The highest BCUT2D eigenvalue weighted by atomic mass is 16.4. The van der Waals surface area contributed by atoms with Crippen molar-refractivity contribution in [3.05, 3.63) is 41.4 Å². The summed E-state index contributed by atoms with van der Waals surface area (Å²) in [4.78, 5) is 30.8. The van der Waals surface area contributed by atoms with Gasteiger partial charge in [-0.25, -0.2) is 0 Å². The average Bonchev–Trinajstić information content (AvgIpc) is 3.24. The van der Waals surface area contributed by atoms with Crippen molar-refractivity contribution in [2.45, 2.75) is 44.6 Å². The highest BCUT2D eigenvalue weighted by Crippen LogP contribution is 2.56. The van der Waals surface area contributed by atoms with Gasteiger partial charge in [-0.1, -0.05) is 13.8 Å². The van der Waals surface area contributed by atoms with Crippen LogP contribution in [0, 0.1) is 5.92 Å². The summed E-state index contributed by atoms with van der Waals surface area (Å²) < 4.78 is 5.95. The number of carbonyl (C=O) groups excluding carboxylic acids is 2. The van der Waals surface area contributed by atoms with Crippen molar-refractivity contribution < 1.29 is 14.0 Å². The molecule has 8 nitrogen and oxygen atoms in total. The van der Waals surface area contributed by atoms with E-state index in [1.165, 1.54) is 6.20 Å². The molecule has 0 unspecified atom stereocenters. The molecule has 2 aromatic rings. The summed E-state index contributed by atoms with van der Waals surface area (Å²) in [6.07, 6.45) is 4.26. The molecule has 4 rings (SSSR count). The normalized spacial score (nSPS) is 23.9. The Hall–Kier alpha value is -2.77. The molecule has 3 heterocycles. The number of rotatable bonds is 4. The van der Waals surface area contributed by atoms with Crippen LogP contribution in [0.2, 0.25) is 0 Å². The molecule has 0 spiro atoms. The Morgan fingerprint density at radius 2 is 2.11 bits per heavy atom. The first-order chi connectivity index (χ1) is 13.0. The zero-order valence-electron chi connectivity index (χ0n) is 15.7. The smallest absolute Gasteiger partial charge is 0.269 e. The van der Waals surface area contributed by atoms with Crippen LogP contribution in [0.4, 0.5) is 0 Å². The Kier molecular flexibility index (Phi) is 4.20. The molecule has 27 heavy (non-hydrogen) atoms. The molecule has 2 aliphatic rings. The number of carbonyl (C=O) groups is 2. The number of hydrogen-bond acceptors (Lipinski definition) is 6. The highest BCUT2D eigenvalue weighted by molar-refractivity contribution is 5.96. The summed E-state index contributed by atoms with van der Waals surface area (Å²) >= 11 is 0. The number of aromatic nitrogens is 3. The Morgan fingerprint density at radius 1 is 1.30 bits per heavy atom. The summed E-state index contributed by atoms with van der Waals surface area (Å²) in [5, 5.41) is 11.0. The molecule has 1 saturated carbocycles. The summed E-state index contributed by atoms with van der Waals surface area (Å²) in [7, 11) is 1.55. The predicted octanol–water partition coefficient (Wildman–Crippen LogP) is 2.10. The monoisotopic (exact) mass is 369 g/mol. The fourth-order valence-corrected chi connectivity index (χ4v) is 4.11. The molecule has 1 N–H and O–H groups in total. The third kappa shape index (κ3) is 2.62. The lowest BCUT2D eigenvalue weighted by Gasteiger charge is -2.47. The van der Waals surface area contributed by atoms with Gasteiger partial charge in [-0.2, -0.15) is 0 Å². The van der Waals surface area contributed by atoms with Gasteiger partial charge in [0.2, 0.25) is 11.8 Å². The molecule has 0 radical (unpaired) electrons. The van der Waals surface area contributed by atoms with E-state index >= 15 is 0 Å². The van der Waals surface area contributed by atoms with E-state index in [0.717, 1.165) is 19.3 Å². The third-order valence-electron chi connectivity index (χ3n) is 5.75. The highest BCUT2D eigenvalue weighted by Gasteiger charge is 2.61. The van der Waals surface area contributed by atoms with Crippen LogP contribution in [0.5, 0.6) is 0 Å². The van der Waals surface area contributed by atoms with Crippen LogP contribution in [0.3, 0.4) is 0 Å². The maximum atomic E-state index is 13.2. The van der Waals surface area contributed by atoms with Crippen molar-refractivity contribution in [1.82, 2.24) is 25.4 Å². The number of fused-ring (bicyclic) bond motifs is 1. The number of nitrogens with zero attached hydrogens (tertiary/aromatic N) is 4. The molecular weight excluding hydrogens is 346 g/mol. The van der Waals surface area contributed by atoms with Crippen molar-refractivity contribution >= 4 is 11.8 Å². The van der Waals surface area contributed by atoms with E-state index in [0.29, 0.717) is 29.8 Å². The van der Waals surface area contributed by atoms with Gasteiger partial charge in [-0.3, -0.25) is 14.6 Å². The van der Waals surface area contributed by atoms with E-state index < -0.39 is 5.54 Å². The maximum Gasteiger partial charge on any atom is 0.269 e. The Labute approximate surface area is 157 Å². The number of likely N-dealkylation sites (tertiary alicyclic amines) is 1. The SMILES string of the molecule is CNC(=O)c1ccc(C(=O)N2CC[C@@H]3CC[C@@]32c2nnc(C(C)C)o2)cn1. The van der Waals surface area contributed by atoms with Gasteiger partial charge in [0.1, 0.15) is 11.2 Å². The zero-order valence-corrected chi connectivity index (χ0v) is 15.7. The van der Waals surface area contributed by atoms with Crippen LogP contribution in [0.25, 0.3) is 0 Å². The molecule has 2 aromatic heterocycles. The van der Waals surface area contributed by atoms with Gasteiger partial charge in [-0.05, 0) is 37.3 Å². The summed E-state index contributed by atoms with van der Waals surface area (Å²) in [6.45, 7) is 4.66. The van der Waals surface area contributed by atoms with Crippen LogP contribution in [0.1, 0.15) is 71.7 Å². The topological polar surface area (TPSA) is 101 Å². The van der Waals surface area contributed by atoms with Crippen LogP contribution in [0.15, 0.2) is 22.7 Å². The van der Waals surface area contributed by atoms with Crippen molar-refractivity contribution in [1.29, 1.82) is 0 Å². The van der Waals surface area contributed by atoms with Gasteiger partial charge in [0.25, 0.3) is 11.8 Å². The van der Waals surface area contributed by atoms with Gasteiger partial charge < -0.3 is 14.6 Å². The Morgan fingerprint density at radius 3 is 2.67 bits per heavy atom. The second-order valence-corrected chi connectivity index (χ2v) is 7.52. The molecule has 0 bridgehead atoms. The van der Waals surface area contributed by atoms with Crippen molar-refractivity contribution in [2.75, 3.05) is 13.6 Å². The minimum atomic E-state index is -0.503. The number of amides is 2. The lowest BCUT2D eigenvalue weighted by atomic mass is 9.67. The average molecular weight is 369 g/mol. The summed E-state index contributed by atoms with van der Waals surface area (Å²) in [5.41, 5.74) is 0.236. The fourth-order valence-electron chi connectivity index (χ4n) is 4.11. The van der Waals surface area contributed by atoms with E-state index in [9.17, 15) is 9.59 Å². The quantitative estimate of drug-likeness (QED) is 0.886. The van der Waals surface area contributed by atoms with Crippen LogP contribution in [-0.2, 0) is 5.54 Å². The molecule has 0 aromatic carbocycles.